The van der Waals surface area contributed by atoms with Crippen molar-refractivity contribution in [3.05, 3.63) is 0 Å². The van der Waals surface area contributed by atoms with Gasteiger partial charge in [0.25, 0.3) is 0 Å². The Hall–Kier alpha value is -0.610. The zero-order valence-corrected chi connectivity index (χ0v) is 8.75. The Morgan fingerprint density at radius 1 is 1.43 bits per heavy atom. The largest absolute Gasteiger partial charge is 0.480 e. The number of rotatable bonds is 2. The van der Waals surface area contributed by atoms with Crippen LogP contribution in [-0.2, 0) is 9.53 Å². The second-order valence-corrected chi connectivity index (χ2v) is 5.16. The maximum atomic E-state index is 11.2. The minimum absolute atomic E-state index is 0.269. The number of likely N-dealkylation sites (tertiary alicyclic amines) is 1. The zero-order valence-electron chi connectivity index (χ0n) is 8.75. The Kier molecular flexibility index (Phi) is 2.08. The fourth-order valence-electron chi connectivity index (χ4n) is 2.40. The summed E-state index contributed by atoms with van der Waals surface area (Å²) in [7, 11) is 0. The number of nitrogens with zero attached hydrogens (tertiary/aromatic N) is 1. The summed E-state index contributed by atoms with van der Waals surface area (Å²) in [6, 6.07) is 0. The van der Waals surface area contributed by atoms with Crippen LogP contribution in [0.3, 0.4) is 0 Å². The third kappa shape index (κ3) is 1.33. The Morgan fingerprint density at radius 3 is 2.43 bits per heavy atom. The maximum absolute atomic E-state index is 11.2. The molecule has 0 amide bonds. The van der Waals surface area contributed by atoms with Crippen molar-refractivity contribution in [2.24, 2.45) is 5.41 Å². The molecule has 1 atom stereocenters. The van der Waals surface area contributed by atoms with Crippen LogP contribution in [0, 0.1) is 5.41 Å². The molecular formula is C10H17NO3. The first-order valence-corrected chi connectivity index (χ1v) is 5.03. The van der Waals surface area contributed by atoms with Crippen LogP contribution in [0.1, 0.15) is 20.3 Å². The lowest BCUT2D eigenvalue weighted by molar-refractivity contribution is -0.161. The van der Waals surface area contributed by atoms with Gasteiger partial charge in [-0.25, -0.2) is 0 Å². The van der Waals surface area contributed by atoms with E-state index in [1.165, 1.54) is 0 Å². The minimum Gasteiger partial charge on any atom is -0.480 e. The summed E-state index contributed by atoms with van der Waals surface area (Å²) in [4.78, 5) is 13.3. The van der Waals surface area contributed by atoms with Crippen LogP contribution in [0.5, 0.6) is 0 Å². The third-order valence-electron chi connectivity index (χ3n) is 3.24. The first-order valence-electron chi connectivity index (χ1n) is 5.03. The van der Waals surface area contributed by atoms with Crippen LogP contribution in [0.2, 0.25) is 0 Å². The first-order chi connectivity index (χ1) is 6.46. The lowest BCUT2D eigenvalue weighted by Crippen LogP contribution is -2.67. The summed E-state index contributed by atoms with van der Waals surface area (Å²) in [5.74, 6) is -0.731. The number of carbonyl (C=O) groups is 1. The van der Waals surface area contributed by atoms with E-state index in [9.17, 15) is 9.90 Å². The molecule has 14 heavy (non-hydrogen) atoms. The molecule has 0 saturated carbocycles. The molecule has 0 aliphatic carbocycles. The van der Waals surface area contributed by atoms with Crippen molar-refractivity contribution in [2.75, 3.05) is 26.3 Å². The van der Waals surface area contributed by atoms with E-state index in [2.05, 4.69) is 13.8 Å². The van der Waals surface area contributed by atoms with Crippen molar-refractivity contribution >= 4 is 5.97 Å². The SMILES string of the molecule is CC1(C)CN(C2(C(=O)O)CCOC2)C1. The summed E-state index contributed by atoms with van der Waals surface area (Å²) in [5.41, 5.74) is -0.458. The highest BCUT2D eigenvalue weighted by molar-refractivity contribution is 5.79. The van der Waals surface area contributed by atoms with Gasteiger partial charge in [0.1, 0.15) is 5.54 Å². The molecule has 4 nitrogen and oxygen atoms in total. The van der Waals surface area contributed by atoms with Crippen molar-refractivity contribution in [1.82, 2.24) is 4.90 Å². The number of hydrogen-bond acceptors (Lipinski definition) is 3. The lowest BCUT2D eigenvalue weighted by Gasteiger charge is -2.52. The predicted molar refractivity (Wildman–Crippen MR) is 51.2 cm³/mol. The monoisotopic (exact) mass is 199 g/mol. The van der Waals surface area contributed by atoms with E-state index in [0.717, 1.165) is 13.1 Å². The van der Waals surface area contributed by atoms with Crippen molar-refractivity contribution in [3.8, 4) is 0 Å². The van der Waals surface area contributed by atoms with E-state index in [4.69, 9.17) is 4.74 Å². The number of carboxylic acid groups (broad SMARTS) is 1. The van der Waals surface area contributed by atoms with Gasteiger partial charge in [0.05, 0.1) is 6.61 Å². The van der Waals surface area contributed by atoms with Crippen LogP contribution in [-0.4, -0.2) is 47.8 Å². The fourth-order valence-corrected chi connectivity index (χ4v) is 2.40. The van der Waals surface area contributed by atoms with Crippen LogP contribution >= 0.6 is 0 Å². The first kappa shape index (κ1) is 9.93. The van der Waals surface area contributed by atoms with E-state index in [-0.39, 0.29) is 5.41 Å². The molecule has 0 aromatic carbocycles. The molecule has 0 aromatic heterocycles. The molecule has 1 N–H and O–H groups in total. The number of ether oxygens (including phenoxy) is 1. The van der Waals surface area contributed by atoms with E-state index >= 15 is 0 Å². The molecule has 2 rings (SSSR count). The zero-order chi connectivity index (χ0) is 10.4. The van der Waals surface area contributed by atoms with Gasteiger partial charge in [-0.2, -0.15) is 0 Å². The van der Waals surface area contributed by atoms with E-state index in [1.807, 2.05) is 4.90 Å². The third-order valence-corrected chi connectivity index (χ3v) is 3.24. The van der Waals surface area contributed by atoms with E-state index in [1.54, 1.807) is 0 Å². The highest BCUT2D eigenvalue weighted by Gasteiger charge is 2.53. The summed E-state index contributed by atoms with van der Waals surface area (Å²) in [6.45, 7) is 6.97. The van der Waals surface area contributed by atoms with Gasteiger partial charge in [0.15, 0.2) is 0 Å². The Bertz CT molecular complexity index is 248. The van der Waals surface area contributed by atoms with Gasteiger partial charge in [-0.05, 0) is 5.41 Å². The Balaban J connectivity index is 2.10. The van der Waals surface area contributed by atoms with Crippen LogP contribution < -0.4 is 0 Å². The topological polar surface area (TPSA) is 49.8 Å². The molecule has 0 spiro atoms. The standard InChI is InChI=1S/C10H17NO3/c1-9(2)5-11(6-9)10(8(12)13)3-4-14-7-10/h3-7H2,1-2H3,(H,12,13). The van der Waals surface area contributed by atoms with Crippen molar-refractivity contribution in [1.29, 1.82) is 0 Å². The molecule has 80 valence electrons. The van der Waals surface area contributed by atoms with Gasteiger partial charge in [-0.1, -0.05) is 13.8 Å². The number of carboxylic acids is 1. The minimum atomic E-state index is -0.731. The Labute approximate surface area is 83.8 Å². The second kappa shape index (κ2) is 2.94. The van der Waals surface area contributed by atoms with E-state index in [0.29, 0.717) is 19.6 Å². The van der Waals surface area contributed by atoms with Crippen LogP contribution in [0.4, 0.5) is 0 Å². The average molecular weight is 199 g/mol. The van der Waals surface area contributed by atoms with Gasteiger partial charge >= 0.3 is 5.97 Å². The molecule has 2 fully saturated rings. The van der Waals surface area contributed by atoms with Gasteiger partial charge in [-0.3, -0.25) is 9.69 Å². The van der Waals surface area contributed by atoms with Gasteiger partial charge in [0, 0.05) is 26.1 Å². The summed E-state index contributed by atoms with van der Waals surface area (Å²) in [6.07, 6.45) is 0.623. The quantitative estimate of drug-likeness (QED) is 0.706. The van der Waals surface area contributed by atoms with Gasteiger partial charge < -0.3 is 9.84 Å². The predicted octanol–water partition coefficient (Wildman–Crippen LogP) is 0.572. The summed E-state index contributed by atoms with van der Waals surface area (Å²) in [5, 5.41) is 9.25. The molecule has 2 aliphatic heterocycles. The lowest BCUT2D eigenvalue weighted by atomic mass is 9.79. The van der Waals surface area contributed by atoms with Crippen molar-refractivity contribution in [2.45, 2.75) is 25.8 Å². The highest BCUT2D eigenvalue weighted by atomic mass is 16.5. The highest BCUT2D eigenvalue weighted by Crippen LogP contribution is 2.38. The van der Waals surface area contributed by atoms with Crippen molar-refractivity contribution < 1.29 is 14.6 Å². The number of aliphatic carboxylic acids is 1. The smallest absolute Gasteiger partial charge is 0.326 e. The normalized spacial score (nSPS) is 36.7. The fraction of sp³-hybridized carbons (Fsp3) is 0.900. The van der Waals surface area contributed by atoms with Crippen LogP contribution in [0.15, 0.2) is 0 Å². The molecule has 2 aliphatic rings. The molecule has 2 saturated heterocycles. The molecule has 4 heteroatoms. The summed E-state index contributed by atoms with van der Waals surface area (Å²) < 4.78 is 5.22. The Morgan fingerprint density at radius 2 is 2.07 bits per heavy atom. The van der Waals surface area contributed by atoms with Gasteiger partial charge in [-0.15, -0.1) is 0 Å². The molecule has 0 radical (unpaired) electrons. The molecule has 0 aromatic rings. The van der Waals surface area contributed by atoms with E-state index < -0.39 is 11.5 Å². The van der Waals surface area contributed by atoms with Gasteiger partial charge in [0.2, 0.25) is 0 Å². The van der Waals surface area contributed by atoms with Crippen molar-refractivity contribution in [3.63, 3.8) is 0 Å². The second-order valence-electron chi connectivity index (χ2n) is 5.16. The molecular weight excluding hydrogens is 182 g/mol. The average Bonchev–Trinajstić information content (AvgIpc) is 2.48. The molecule has 0 bridgehead atoms. The number of hydrogen-bond donors (Lipinski definition) is 1. The molecule has 1 unspecified atom stereocenters. The molecule has 2 heterocycles. The summed E-state index contributed by atoms with van der Waals surface area (Å²) >= 11 is 0. The maximum Gasteiger partial charge on any atom is 0.326 e. The van der Waals surface area contributed by atoms with Crippen LogP contribution in [0.25, 0.3) is 0 Å².